The van der Waals surface area contributed by atoms with Gasteiger partial charge in [-0.05, 0) is 39.7 Å². The standard InChI is InChI=1S/C23H28N6O3S/c1-4-29-21(18-7-5-6-15(2)12-18)25-26-23(29)33-14-20(30)28-10-8-17(9-11-28)22(31)24-19-13-16(3)32-27-19/h5-7,12-13,17H,4,8-11,14H2,1-3H3,(H,24,27,31). The molecule has 10 heteroatoms. The van der Waals surface area contributed by atoms with Gasteiger partial charge in [0.1, 0.15) is 5.76 Å². The topological polar surface area (TPSA) is 106 Å². The molecule has 2 aromatic heterocycles. The molecule has 174 valence electrons. The Labute approximate surface area is 196 Å². The number of thioether (sulfide) groups is 1. The summed E-state index contributed by atoms with van der Waals surface area (Å²) in [7, 11) is 0. The smallest absolute Gasteiger partial charge is 0.233 e. The average molecular weight is 469 g/mol. The Balaban J connectivity index is 1.30. The SMILES string of the molecule is CCn1c(SCC(=O)N2CCC(C(=O)Nc3cc(C)on3)CC2)nnc1-c1cccc(C)c1. The van der Waals surface area contributed by atoms with Crippen LogP contribution in [0.5, 0.6) is 0 Å². The van der Waals surface area contributed by atoms with Crippen molar-refractivity contribution in [3.8, 4) is 11.4 Å². The third kappa shape index (κ3) is 5.44. The Morgan fingerprint density at radius 1 is 1.18 bits per heavy atom. The summed E-state index contributed by atoms with van der Waals surface area (Å²) in [6, 6.07) is 9.85. The van der Waals surface area contributed by atoms with E-state index in [9.17, 15) is 9.59 Å². The molecule has 2 amide bonds. The molecule has 0 saturated carbocycles. The van der Waals surface area contributed by atoms with Crippen molar-refractivity contribution in [2.75, 3.05) is 24.2 Å². The van der Waals surface area contributed by atoms with Crippen LogP contribution in [0.15, 0.2) is 40.0 Å². The summed E-state index contributed by atoms with van der Waals surface area (Å²) in [6.45, 7) is 7.71. The third-order valence-corrected chi connectivity index (χ3v) is 6.68. The van der Waals surface area contributed by atoms with E-state index in [4.69, 9.17) is 4.52 Å². The molecule has 1 aliphatic heterocycles. The molecule has 0 bridgehead atoms. The zero-order chi connectivity index (χ0) is 23.4. The van der Waals surface area contributed by atoms with Gasteiger partial charge in [-0.3, -0.25) is 9.59 Å². The number of carbonyl (C=O) groups excluding carboxylic acids is 2. The number of amides is 2. The highest BCUT2D eigenvalue weighted by Crippen LogP contribution is 2.26. The van der Waals surface area contributed by atoms with E-state index in [0.29, 0.717) is 43.3 Å². The fourth-order valence-corrected chi connectivity index (χ4v) is 4.85. The Hall–Kier alpha value is -3.14. The number of aryl methyl sites for hydroxylation is 2. The van der Waals surface area contributed by atoms with Crippen molar-refractivity contribution >= 4 is 29.4 Å². The second-order valence-electron chi connectivity index (χ2n) is 8.18. The van der Waals surface area contributed by atoms with E-state index in [1.807, 2.05) is 41.5 Å². The minimum atomic E-state index is -0.140. The van der Waals surface area contributed by atoms with Crippen LogP contribution in [-0.2, 0) is 16.1 Å². The highest BCUT2D eigenvalue weighted by atomic mass is 32.2. The van der Waals surface area contributed by atoms with Gasteiger partial charge in [0.2, 0.25) is 11.8 Å². The molecule has 33 heavy (non-hydrogen) atoms. The molecule has 0 aliphatic carbocycles. The Bertz CT molecular complexity index is 1130. The molecule has 4 rings (SSSR count). The lowest BCUT2D eigenvalue weighted by Gasteiger charge is -2.31. The van der Waals surface area contributed by atoms with Crippen molar-refractivity contribution in [3.63, 3.8) is 0 Å². The second-order valence-corrected chi connectivity index (χ2v) is 9.12. The van der Waals surface area contributed by atoms with Crippen LogP contribution in [0.4, 0.5) is 5.82 Å². The van der Waals surface area contributed by atoms with Crippen LogP contribution in [0, 0.1) is 19.8 Å². The van der Waals surface area contributed by atoms with Crippen molar-refractivity contribution in [1.29, 1.82) is 0 Å². The van der Waals surface area contributed by atoms with Crippen LogP contribution in [0.2, 0.25) is 0 Å². The number of anilines is 1. The Morgan fingerprint density at radius 3 is 2.64 bits per heavy atom. The van der Waals surface area contributed by atoms with Gasteiger partial charge in [-0.25, -0.2) is 0 Å². The minimum Gasteiger partial charge on any atom is -0.360 e. The summed E-state index contributed by atoms with van der Waals surface area (Å²) in [4.78, 5) is 27.1. The highest BCUT2D eigenvalue weighted by molar-refractivity contribution is 7.99. The number of likely N-dealkylation sites (tertiary alicyclic amines) is 1. The number of nitrogens with zero attached hydrogens (tertiary/aromatic N) is 5. The number of aromatic nitrogens is 4. The number of hydrogen-bond acceptors (Lipinski definition) is 7. The van der Waals surface area contributed by atoms with Gasteiger partial charge in [0.25, 0.3) is 0 Å². The number of carbonyl (C=O) groups is 2. The summed E-state index contributed by atoms with van der Waals surface area (Å²) in [5.41, 5.74) is 2.18. The van der Waals surface area contributed by atoms with Gasteiger partial charge in [0.15, 0.2) is 16.8 Å². The lowest BCUT2D eigenvalue weighted by Crippen LogP contribution is -2.42. The molecular weight excluding hydrogens is 440 g/mol. The molecule has 1 fully saturated rings. The van der Waals surface area contributed by atoms with Crippen molar-refractivity contribution in [2.24, 2.45) is 5.92 Å². The quantitative estimate of drug-likeness (QED) is 0.529. The van der Waals surface area contributed by atoms with Gasteiger partial charge in [-0.1, -0.05) is 40.7 Å². The summed E-state index contributed by atoms with van der Waals surface area (Å²) in [5.74, 6) is 2.01. The maximum absolute atomic E-state index is 12.8. The van der Waals surface area contributed by atoms with Gasteiger partial charge >= 0.3 is 0 Å². The van der Waals surface area contributed by atoms with Crippen LogP contribution >= 0.6 is 11.8 Å². The normalized spacial score (nSPS) is 14.5. The van der Waals surface area contributed by atoms with Crippen LogP contribution in [0.3, 0.4) is 0 Å². The molecule has 9 nitrogen and oxygen atoms in total. The maximum atomic E-state index is 12.8. The molecule has 1 aliphatic rings. The van der Waals surface area contributed by atoms with E-state index in [1.54, 1.807) is 13.0 Å². The molecule has 0 unspecified atom stereocenters. The van der Waals surface area contributed by atoms with Crippen molar-refractivity contribution < 1.29 is 14.1 Å². The van der Waals surface area contributed by atoms with E-state index >= 15 is 0 Å². The minimum absolute atomic E-state index is 0.0498. The molecule has 1 saturated heterocycles. The monoisotopic (exact) mass is 468 g/mol. The number of hydrogen-bond donors (Lipinski definition) is 1. The predicted molar refractivity (Wildman–Crippen MR) is 126 cm³/mol. The predicted octanol–water partition coefficient (Wildman–Crippen LogP) is 3.54. The molecule has 0 spiro atoms. The van der Waals surface area contributed by atoms with Gasteiger partial charge in [-0.15, -0.1) is 10.2 Å². The fraction of sp³-hybridized carbons (Fsp3) is 0.435. The first-order valence-electron chi connectivity index (χ1n) is 11.1. The summed E-state index contributed by atoms with van der Waals surface area (Å²) >= 11 is 1.40. The van der Waals surface area contributed by atoms with E-state index in [1.165, 1.54) is 11.8 Å². The second kappa shape index (κ2) is 10.2. The van der Waals surface area contributed by atoms with Gasteiger partial charge in [0.05, 0.1) is 5.75 Å². The lowest BCUT2D eigenvalue weighted by atomic mass is 9.96. The highest BCUT2D eigenvalue weighted by Gasteiger charge is 2.28. The summed E-state index contributed by atoms with van der Waals surface area (Å²) in [6.07, 6.45) is 1.25. The Morgan fingerprint density at radius 2 is 1.97 bits per heavy atom. The van der Waals surface area contributed by atoms with E-state index in [2.05, 4.69) is 26.7 Å². The maximum Gasteiger partial charge on any atom is 0.233 e. The summed E-state index contributed by atoms with van der Waals surface area (Å²) < 4.78 is 7.02. The summed E-state index contributed by atoms with van der Waals surface area (Å²) in [5, 5.41) is 16.0. The molecule has 3 aromatic rings. The number of nitrogens with one attached hydrogen (secondary N) is 1. The third-order valence-electron chi connectivity index (χ3n) is 5.73. The average Bonchev–Trinajstić information content (AvgIpc) is 3.42. The molecule has 0 atom stereocenters. The van der Waals surface area contributed by atoms with Crippen molar-refractivity contribution in [2.45, 2.75) is 45.3 Å². The number of piperidine rings is 1. The van der Waals surface area contributed by atoms with Gasteiger partial charge in [-0.2, -0.15) is 0 Å². The van der Waals surface area contributed by atoms with E-state index < -0.39 is 0 Å². The van der Waals surface area contributed by atoms with E-state index in [0.717, 1.165) is 28.7 Å². The molecule has 1 aromatic carbocycles. The number of benzene rings is 1. The van der Waals surface area contributed by atoms with Crippen molar-refractivity contribution in [1.82, 2.24) is 24.8 Å². The van der Waals surface area contributed by atoms with Gasteiger partial charge in [0, 0.05) is 37.2 Å². The molecule has 3 heterocycles. The van der Waals surface area contributed by atoms with Gasteiger partial charge < -0.3 is 19.3 Å². The zero-order valence-electron chi connectivity index (χ0n) is 19.1. The fourth-order valence-electron chi connectivity index (χ4n) is 3.94. The molecule has 0 radical (unpaired) electrons. The van der Waals surface area contributed by atoms with Crippen LogP contribution in [0.25, 0.3) is 11.4 Å². The first-order chi connectivity index (χ1) is 15.9. The largest absolute Gasteiger partial charge is 0.360 e. The lowest BCUT2D eigenvalue weighted by molar-refractivity contribution is -0.132. The first-order valence-corrected chi connectivity index (χ1v) is 12.1. The first kappa shape index (κ1) is 23.0. The van der Waals surface area contributed by atoms with Crippen LogP contribution < -0.4 is 5.32 Å². The molecular formula is C23H28N6O3S. The zero-order valence-corrected chi connectivity index (χ0v) is 19.9. The van der Waals surface area contributed by atoms with Crippen LogP contribution in [0.1, 0.15) is 31.1 Å². The van der Waals surface area contributed by atoms with Crippen LogP contribution in [-0.4, -0.2) is 55.5 Å². The Kier molecular flexibility index (Phi) is 7.12. The van der Waals surface area contributed by atoms with Crippen molar-refractivity contribution in [3.05, 3.63) is 41.7 Å². The molecule has 1 N–H and O–H groups in total. The number of rotatable bonds is 7. The van der Waals surface area contributed by atoms with E-state index in [-0.39, 0.29) is 17.7 Å².